The zero-order chi connectivity index (χ0) is 5.15. The number of aliphatic hydroxyl groups excluding tert-OH is 1. The first kappa shape index (κ1) is 10.0. The Bertz CT molecular complexity index is 61.2. The van der Waals surface area contributed by atoms with Crippen LogP contribution >= 0.6 is 0 Å². The zero-order valence-electron chi connectivity index (χ0n) is 3.68. The molecule has 2 N–H and O–H groups in total. The maximum atomic E-state index is 9.45. The number of carbonyl (C=O) groups is 1. The largest absolute Gasteiger partial charge is 1.00 e. The van der Waals surface area contributed by atoms with Gasteiger partial charge in [-0.2, -0.15) is 0 Å². The molecule has 0 heterocycles. The van der Waals surface area contributed by atoms with Gasteiger partial charge in [-0.15, -0.1) is 0 Å². The van der Waals surface area contributed by atoms with E-state index in [1.165, 1.54) is 6.92 Å². The van der Waals surface area contributed by atoms with Crippen molar-refractivity contribution in [2.24, 2.45) is 0 Å². The maximum absolute atomic E-state index is 9.45. The number of hydrogen-bond donors (Lipinski definition) is 2. The van der Waals surface area contributed by atoms with E-state index in [1.54, 1.807) is 0 Å². The molecule has 46 valence electrons. The van der Waals surface area contributed by atoms with Gasteiger partial charge in [0.25, 0.3) is 0 Å². The molecule has 0 aromatic carbocycles. The second-order valence-electron chi connectivity index (χ2n) is 1.01. The normalized spacial score (nSPS) is 11.7. The number of hydrogen-bond acceptors (Lipinski definition) is 2. The average Bonchev–Trinajstić information content (AvgIpc) is 1.36. The van der Waals surface area contributed by atoms with Crippen LogP contribution in [0.4, 0.5) is 0 Å². The van der Waals surface area contributed by atoms with Gasteiger partial charge in [0, 0.05) is 0 Å². The monoisotopic (exact) mass is 153 g/mol. The molecule has 0 aliphatic rings. The van der Waals surface area contributed by atoms with Crippen LogP contribution in [0.15, 0.2) is 0 Å². The summed E-state index contributed by atoms with van der Waals surface area (Å²) in [6, 6.07) is 0. The van der Waals surface area contributed by atoms with Gasteiger partial charge in [-0.3, -0.25) is 0 Å². The Morgan fingerprint density at radius 1 is 1.71 bits per heavy atom. The summed E-state index contributed by atoms with van der Waals surface area (Å²) in [4.78, 5) is 9.45. The van der Waals surface area contributed by atoms with E-state index in [1.807, 2.05) is 0 Å². The maximum Gasteiger partial charge on any atom is 1.00 e. The van der Waals surface area contributed by atoms with Crippen LogP contribution in [0.25, 0.3) is 0 Å². The minimum absolute atomic E-state index is 0. The van der Waals surface area contributed by atoms with Crippen molar-refractivity contribution < 1.29 is 32.1 Å². The molecule has 0 radical (unpaired) electrons. The SMILES string of the molecule is CC(O)C(=O)O.[Cu+]. The zero-order valence-corrected chi connectivity index (χ0v) is 4.62. The van der Waals surface area contributed by atoms with Gasteiger partial charge >= 0.3 is 23.0 Å². The fraction of sp³-hybridized carbons (Fsp3) is 0.667. The molecule has 0 aliphatic heterocycles. The van der Waals surface area contributed by atoms with E-state index in [-0.39, 0.29) is 17.1 Å². The summed E-state index contributed by atoms with van der Waals surface area (Å²) in [6.45, 7) is 1.20. The Labute approximate surface area is 51.8 Å². The molecule has 3 nitrogen and oxygen atoms in total. The van der Waals surface area contributed by atoms with Crippen molar-refractivity contribution in [2.75, 3.05) is 0 Å². The molecule has 0 fully saturated rings. The van der Waals surface area contributed by atoms with Crippen molar-refractivity contribution in [3.8, 4) is 0 Å². The molecule has 0 spiro atoms. The molecule has 1 atom stereocenters. The van der Waals surface area contributed by atoms with E-state index in [0.717, 1.165) is 0 Å². The van der Waals surface area contributed by atoms with Crippen LogP contribution in [0.5, 0.6) is 0 Å². The van der Waals surface area contributed by atoms with Crippen LogP contribution in [-0.4, -0.2) is 22.3 Å². The number of carboxylic acids is 1. The van der Waals surface area contributed by atoms with Gasteiger partial charge in [0.15, 0.2) is 0 Å². The molecule has 0 saturated heterocycles. The average molecular weight is 154 g/mol. The second-order valence-corrected chi connectivity index (χ2v) is 1.01. The molecule has 0 rings (SSSR count). The van der Waals surface area contributed by atoms with E-state index >= 15 is 0 Å². The number of rotatable bonds is 1. The fourth-order valence-electron chi connectivity index (χ4n) is 0. The van der Waals surface area contributed by atoms with Crippen molar-refractivity contribution in [3.05, 3.63) is 0 Å². The third-order valence-electron chi connectivity index (χ3n) is 0.357. The van der Waals surface area contributed by atoms with Crippen LogP contribution in [0.2, 0.25) is 0 Å². The quantitative estimate of drug-likeness (QED) is 0.497. The van der Waals surface area contributed by atoms with Crippen LogP contribution in [0, 0.1) is 0 Å². The first-order chi connectivity index (χ1) is 2.64. The van der Waals surface area contributed by atoms with Gasteiger partial charge in [-0.05, 0) is 6.92 Å². The van der Waals surface area contributed by atoms with Gasteiger partial charge in [0.2, 0.25) is 0 Å². The molecule has 4 heteroatoms. The van der Waals surface area contributed by atoms with Gasteiger partial charge in [-0.25, -0.2) is 4.79 Å². The third-order valence-corrected chi connectivity index (χ3v) is 0.357. The molecule has 1 unspecified atom stereocenters. The van der Waals surface area contributed by atoms with E-state index in [4.69, 9.17) is 10.2 Å². The molecular formula is C3H6CuO3+. The van der Waals surface area contributed by atoms with Gasteiger partial charge in [0.05, 0.1) is 0 Å². The minimum atomic E-state index is -1.23. The number of aliphatic carboxylic acids is 1. The summed E-state index contributed by atoms with van der Waals surface area (Å²) < 4.78 is 0. The van der Waals surface area contributed by atoms with Crippen molar-refractivity contribution in [1.29, 1.82) is 0 Å². The summed E-state index contributed by atoms with van der Waals surface area (Å²) >= 11 is 0. The van der Waals surface area contributed by atoms with E-state index in [2.05, 4.69) is 0 Å². The smallest absolute Gasteiger partial charge is 0.479 e. The fourth-order valence-corrected chi connectivity index (χ4v) is 0. The molecule has 0 amide bonds. The Kier molecular flexibility index (Phi) is 5.91. The molecule has 0 saturated carbocycles. The Hall–Kier alpha value is -0.0505. The third kappa shape index (κ3) is 5.95. The first-order valence-corrected chi connectivity index (χ1v) is 1.55. The standard InChI is InChI=1S/C3H6O3.Cu/c1-2(4)3(5)6;/h2,4H,1H3,(H,5,6);/q;+1. The Morgan fingerprint density at radius 3 is 1.86 bits per heavy atom. The van der Waals surface area contributed by atoms with Gasteiger partial charge < -0.3 is 10.2 Å². The molecule has 0 aliphatic carbocycles. The van der Waals surface area contributed by atoms with Crippen molar-refractivity contribution in [1.82, 2.24) is 0 Å². The molecular weight excluding hydrogens is 148 g/mol. The van der Waals surface area contributed by atoms with E-state index in [9.17, 15) is 4.79 Å². The summed E-state index contributed by atoms with van der Waals surface area (Å²) in [7, 11) is 0. The topological polar surface area (TPSA) is 57.5 Å². The summed E-state index contributed by atoms with van der Waals surface area (Å²) in [5, 5.41) is 15.8. The van der Waals surface area contributed by atoms with Gasteiger partial charge in [-0.1, -0.05) is 0 Å². The van der Waals surface area contributed by atoms with Crippen molar-refractivity contribution in [2.45, 2.75) is 13.0 Å². The number of carboxylic acid groups (broad SMARTS) is 1. The minimum Gasteiger partial charge on any atom is -0.479 e. The van der Waals surface area contributed by atoms with E-state index in [0.29, 0.717) is 0 Å². The van der Waals surface area contributed by atoms with Crippen molar-refractivity contribution in [3.63, 3.8) is 0 Å². The predicted octanol–water partition coefficient (Wildman–Crippen LogP) is -0.551. The van der Waals surface area contributed by atoms with Crippen LogP contribution < -0.4 is 0 Å². The van der Waals surface area contributed by atoms with Crippen LogP contribution in [-0.2, 0) is 21.9 Å². The van der Waals surface area contributed by atoms with Gasteiger partial charge in [0.1, 0.15) is 6.10 Å². The van der Waals surface area contributed by atoms with Crippen molar-refractivity contribution >= 4 is 5.97 Å². The van der Waals surface area contributed by atoms with Crippen LogP contribution in [0.1, 0.15) is 6.92 Å². The predicted molar refractivity (Wildman–Crippen MR) is 19.3 cm³/mol. The summed E-state index contributed by atoms with van der Waals surface area (Å²) in [6.07, 6.45) is -1.23. The number of aliphatic hydroxyl groups is 1. The van der Waals surface area contributed by atoms with Crippen LogP contribution in [0.3, 0.4) is 0 Å². The molecule has 7 heavy (non-hydrogen) atoms. The molecule has 0 aromatic rings. The molecule has 0 bridgehead atoms. The Morgan fingerprint density at radius 2 is 1.86 bits per heavy atom. The second kappa shape index (κ2) is 4.12. The summed E-state index contributed by atoms with van der Waals surface area (Å²) in [5.74, 6) is -1.19. The first-order valence-electron chi connectivity index (χ1n) is 1.55. The summed E-state index contributed by atoms with van der Waals surface area (Å²) in [5.41, 5.74) is 0. The Balaban J connectivity index is 0. The molecule has 0 aromatic heterocycles. The van der Waals surface area contributed by atoms with E-state index < -0.39 is 12.1 Å².